The van der Waals surface area contributed by atoms with E-state index >= 15 is 0 Å². The lowest BCUT2D eigenvalue weighted by Crippen LogP contribution is -2.44. The molecular weight excluding hydrogens is 562 g/mol. The molecule has 1 aromatic heterocycles. The van der Waals surface area contributed by atoms with Crippen LogP contribution in [-0.4, -0.2) is 59.8 Å². The summed E-state index contributed by atoms with van der Waals surface area (Å²) < 4.78 is 0. The smallest absolute Gasteiger partial charge is 0.247 e. The van der Waals surface area contributed by atoms with Crippen LogP contribution < -0.4 is 20.9 Å². The van der Waals surface area contributed by atoms with E-state index in [4.69, 9.17) is 16.6 Å². The van der Waals surface area contributed by atoms with Crippen molar-refractivity contribution in [3.8, 4) is 0 Å². The van der Waals surface area contributed by atoms with Gasteiger partial charge in [0.05, 0.1) is 5.56 Å². The van der Waals surface area contributed by atoms with Crippen LogP contribution in [0.2, 0.25) is 5.02 Å². The predicted octanol–water partition coefficient (Wildman–Crippen LogP) is 6.23. The minimum Gasteiger partial charge on any atom is -0.369 e. The number of piperazine rings is 1. The van der Waals surface area contributed by atoms with E-state index in [0.717, 1.165) is 43.0 Å². The first-order valence-corrected chi connectivity index (χ1v) is 14.4. The highest BCUT2D eigenvalue weighted by Crippen LogP contribution is 2.27. The van der Waals surface area contributed by atoms with Crippen molar-refractivity contribution in [1.29, 1.82) is 0 Å². The largest absolute Gasteiger partial charge is 0.369 e. The van der Waals surface area contributed by atoms with Crippen LogP contribution in [0, 0.1) is 6.92 Å². The van der Waals surface area contributed by atoms with Crippen LogP contribution >= 0.6 is 11.6 Å². The number of rotatable bonds is 10. The van der Waals surface area contributed by atoms with Gasteiger partial charge in [0.15, 0.2) is 5.78 Å². The number of ketones is 1. The maximum atomic E-state index is 13.6. The van der Waals surface area contributed by atoms with Crippen LogP contribution in [0.5, 0.6) is 0 Å². The number of likely N-dealkylation sites (N-methyl/N-ethyl adjacent to an activating group) is 1. The number of Topliss-reactive ketones (excluding diaryl/α,β-unsaturated/α-hetero) is 1. The van der Waals surface area contributed by atoms with Gasteiger partial charge in [-0.3, -0.25) is 9.59 Å². The summed E-state index contributed by atoms with van der Waals surface area (Å²) >= 11 is 6.43. The molecule has 3 aromatic carbocycles. The van der Waals surface area contributed by atoms with Gasteiger partial charge < -0.3 is 25.8 Å². The third-order valence-corrected chi connectivity index (χ3v) is 7.70. The van der Waals surface area contributed by atoms with Crippen molar-refractivity contribution in [3.63, 3.8) is 0 Å². The maximum Gasteiger partial charge on any atom is 0.247 e. The fourth-order valence-electron chi connectivity index (χ4n) is 4.84. The van der Waals surface area contributed by atoms with Gasteiger partial charge >= 0.3 is 0 Å². The van der Waals surface area contributed by atoms with Crippen molar-refractivity contribution in [2.45, 2.75) is 13.3 Å². The van der Waals surface area contributed by atoms with E-state index in [1.165, 1.54) is 18.0 Å². The number of aromatic nitrogens is 2. The number of halogens is 1. The third-order valence-electron chi connectivity index (χ3n) is 7.35. The molecule has 0 radical (unpaired) electrons. The zero-order valence-electron chi connectivity index (χ0n) is 24.2. The summed E-state index contributed by atoms with van der Waals surface area (Å²) in [5.41, 5.74) is 5.20. The highest BCUT2D eigenvalue weighted by Gasteiger charge is 2.19. The molecule has 0 atom stereocenters. The molecule has 0 unspecified atom stereocenters. The Labute approximate surface area is 256 Å². The number of anilines is 6. The lowest BCUT2D eigenvalue weighted by Gasteiger charge is -2.34. The summed E-state index contributed by atoms with van der Waals surface area (Å²) in [7, 11) is 2.14. The van der Waals surface area contributed by atoms with Crippen LogP contribution in [0.15, 0.2) is 85.6 Å². The molecule has 0 bridgehead atoms. The molecule has 10 heteroatoms. The normalized spacial score (nSPS) is 13.3. The lowest BCUT2D eigenvalue weighted by molar-refractivity contribution is -0.111. The molecule has 1 saturated heterocycles. The molecule has 0 aliphatic carbocycles. The van der Waals surface area contributed by atoms with Gasteiger partial charge in [-0.25, -0.2) is 4.98 Å². The van der Waals surface area contributed by atoms with E-state index in [1.807, 2.05) is 37.3 Å². The van der Waals surface area contributed by atoms with Crippen molar-refractivity contribution in [2.24, 2.45) is 0 Å². The van der Waals surface area contributed by atoms with E-state index in [-0.39, 0.29) is 18.1 Å². The van der Waals surface area contributed by atoms with Crippen molar-refractivity contribution in [3.05, 3.63) is 107 Å². The first kappa shape index (κ1) is 29.8. The maximum absolute atomic E-state index is 13.6. The second-order valence-corrected chi connectivity index (χ2v) is 10.9. The second kappa shape index (κ2) is 13.5. The highest BCUT2D eigenvalue weighted by atomic mass is 35.5. The predicted molar refractivity (Wildman–Crippen MR) is 174 cm³/mol. The molecule has 1 aliphatic heterocycles. The van der Waals surface area contributed by atoms with Crippen LogP contribution in [0.1, 0.15) is 21.5 Å². The van der Waals surface area contributed by atoms with Gasteiger partial charge in [0.25, 0.3) is 0 Å². The van der Waals surface area contributed by atoms with Gasteiger partial charge in [-0.05, 0) is 79.7 Å². The Morgan fingerprint density at radius 1 is 0.953 bits per heavy atom. The van der Waals surface area contributed by atoms with Crippen LogP contribution in [0.25, 0.3) is 0 Å². The third kappa shape index (κ3) is 7.57. The standard InChI is InChI=1S/C33H34ClN7O2/c1-4-31(43)36-24-8-6-9-25(19-24)37-32-28(30(42)20-27-22(2)7-5-10-29(27)34)21-35-33(39-32)38-23-11-13-26(14-12-23)41-17-15-40(3)16-18-41/h4-14,19,21H,1,15-18,20H2,2-3H3,(H,36,43)(H2,35,37,38,39). The van der Waals surface area contributed by atoms with Gasteiger partial charge in [-0.2, -0.15) is 4.98 Å². The first-order chi connectivity index (χ1) is 20.8. The molecule has 1 amide bonds. The summed E-state index contributed by atoms with van der Waals surface area (Å²) in [6, 6.07) is 20.8. The number of hydrogen-bond acceptors (Lipinski definition) is 8. The van der Waals surface area contributed by atoms with Gasteiger partial charge in [0.2, 0.25) is 11.9 Å². The van der Waals surface area contributed by atoms with Gasteiger partial charge in [0, 0.05) is 66.6 Å². The van der Waals surface area contributed by atoms with Crippen molar-refractivity contribution >= 4 is 57.8 Å². The highest BCUT2D eigenvalue weighted by molar-refractivity contribution is 6.31. The molecule has 43 heavy (non-hydrogen) atoms. The molecule has 2 heterocycles. The fourth-order valence-corrected chi connectivity index (χ4v) is 5.13. The molecule has 0 saturated carbocycles. The molecule has 4 aromatic rings. The van der Waals surface area contributed by atoms with Crippen LogP contribution in [0.4, 0.5) is 34.5 Å². The number of nitrogens with zero attached hydrogens (tertiary/aromatic N) is 4. The average Bonchev–Trinajstić information content (AvgIpc) is 3.00. The molecule has 1 fully saturated rings. The quantitative estimate of drug-likeness (QED) is 0.147. The summed E-state index contributed by atoms with van der Waals surface area (Å²) in [5, 5.41) is 9.79. The van der Waals surface area contributed by atoms with Gasteiger partial charge in [-0.1, -0.05) is 36.4 Å². The van der Waals surface area contributed by atoms with E-state index < -0.39 is 0 Å². The first-order valence-electron chi connectivity index (χ1n) is 14.0. The molecule has 1 aliphatic rings. The van der Waals surface area contributed by atoms with E-state index in [0.29, 0.717) is 33.7 Å². The summed E-state index contributed by atoms with van der Waals surface area (Å²) in [5.74, 6) is 0.151. The monoisotopic (exact) mass is 595 g/mol. The number of amides is 1. The molecule has 3 N–H and O–H groups in total. The average molecular weight is 596 g/mol. The summed E-state index contributed by atoms with van der Waals surface area (Å²) in [6.07, 6.45) is 2.82. The minimum absolute atomic E-state index is 0.0967. The second-order valence-electron chi connectivity index (χ2n) is 10.5. The molecular formula is C33H34ClN7O2. The SMILES string of the molecule is C=CC(=O)Nc1cccc(Nc2nc(Nc3ccc(N4CCN(C)CC4)cc3)ncc2C(=O)Cc2c(C)cccc2Cl)c1. The summed E-state index contributed by atoms with van der Waals surface area (Å²) in [6.45, 7) is 9.47. The molecule has 5 rings (SSSR count). The molecule has 9 nitrogen and oxygen atoms in total. The number of nitrogens with one attached hydrogen (secondary N) is 3. The topological polar surface area (TPSA) is 102 Å². The minimum atomic E-state index is -0.324. The van der Waals surface area contributed by atoms with Crippen molar-refractivity contribution < 1.29 is 9.59 Å². The van der Waals surface area contributed by atoms with Crippen LogP contribution in [0.3, 0.4) is 0 Å². The van der Waals surface area contributed by atoms with Crippen molar-refractivity contribution in [2.75, 3.05) is 54.1 Å². The Balaban J connectivity index is 1.41. The Hall–Kier alpha value is -4.73. The van der Waals surface area contributed by atoms with E-state index in [1.54, 1.807) is 24.3 Å². The lowest BCUT2D eigenvalue weighted by atomic mass is 10.0. The Bertz CT molecular complexity index is 1610. The number of carbonyl (C=O) groups excluding carboxylic acids is 2. The Kier molecular flexibility index (Phi) is 9.34. The Morgan fingerprint density at radius 2 is 1.67 bits per heavy atom. The zero-order valence-corrected chi connectivity index (χ0v) is 25.0. The molecule has 220 valence electrons. The van der Waals surface area contributed by atoms with Crippen molar-refractivity contribution in [1.82, 2.24) is 14.9 Å². The summed E-state index contributed by atoms with van der Waals surface area (Å²) in [4.78, 5) is 39.3. The number of carbonyl (C=O) groups is 2. The van der Waals surface area contributed by atoms with E-state index in [9.17, 15) is 9.59 Å². The fraction of sp³-hybridized carbons (Fsp3) is 0.212. The number of benzene rings is 3. The van der Waals surface area contributed by atoms with E-state index in [2.05, 4.69) is 56.5 Å². The zero-order chi connectivity index (χ0) is 30.3. The van der Waals surface area contributed by atoms with Gasteiger partial charge in [0.1, 0.15) is 5.82 Å². The number of hydrogen-bond donors (Lipinski definition) is 3. The van der Waals surface area contributed by atoms with Gasteiger partial charge in [-0.15, -0.1) is 0 Å². The number of aryl methyl sites for hydroxylation is 1. The molecule has 0 spiro atoms. The Morgan fingerprint density at radius 3 is 2.40 bits per heavy atom. The van der Waals surface area contributed by atoms with Crippen LogP contribution in [-0.2, 0) is 11.2 Å².